The molecule has 0 bridgehead atoms. The van der Waals surface area contributed by atoms with Crippen molar-refractivity contribution in [2.24, 2.45) is 10.2 Å². The molecule has 0 saturated carbocycles. The molecule has 0 aliphatic carbocycles. The number of fused-ring (bicyclic) bond motifs is 3. The lowest BCUT2D eigenvalue weighted by Crippen LogP contribution is -2.14. The first-order chi connectivity index (χ1) is 10.7. The van der Waals surface area contributed by atoms with Gasteiger partial charge in [0.1, 0.15) is 0 Å². The zero-order valence-electron chi connectivity index (χ0n) is 11.2. The normalized spacial score (nSPS) is 17.5. The topological polar surface area (TPSA) is 59.6 Å². The second kappa shape index (κ2) is 5.23. The SMILES string of the molecule is O=C1C(N=Nc2ccc(Cl)cc2)Sc2nc3ccccc3n21. The quantitative estimate of drug-likeness (QED) is 0.648. The van der Waals surface area contributed by atoms with Gasteiger partial charge in [0.15, 0.2) is 5.16 Å². The summed E-state index contributed by atoms with van der Waals surface area (Å²) in [5, 5.41) is 8.94. The average Bonchev–Trinajstić information content (AvgIpc) is 3.04. The van der Waals surface area contributed by atoms with E-state index in [0.29, 0.717) is 15.9 Å². The lowest BCUT2D eigenvalue weighted by molar-refractivity contribution is 0.0915. The minimum absolute atomic E-state index is 0.119. The van der Waals surface area contributed by atoms with E-state index in [9.17, 15) is 4.79 Å². The number of carbonyl (C=O) groups excluding carboxylic acids is 1. The van der Waals surface area contributed by atoms with Crippen LogP contribution < -0.4 is 0 Å². The molecule has 1 unspecified atom stereocenters. The number of benzene rings is 2. The van der Waals surface area contributed by atoms with Gasteiger partial charge in [0.2, 0.25) is 5.37 Å². The van der Waals surface area contributed by atoms with E-state index in [0.717, 1.165) is 11.0 Å². The number of hydrogen-bond donors (Lipinski definition) is 0. The van der Waals surface area contributed by atoms with Crippen LogP contribution in [0.4, 0.5) is 5.69 Å². The summed E-state index contributed by atoms with van der Waals surface area (Å²) in [7, 11) is 0. The Kier molecular flexibility index (Phi) is 3.20. The number of para-hydroxylation sites is 2. The Bertz CT molecular complexity index is 904. The van der Waals surface area contributed by atoms with Crippen molar-refractivity contribution in [2.45, 2.75) is 10.5 Å². The fourth-order valence-corrected chi connectivity index (χ4v) is 3.33. The van der Waals surface area contributed by atoms with Crippen molar-refractivity contribution in [1.29, 1.82) is 0 Å². The number of imidazole rings is 1. The molecule has 1 atom stereocenters. The van der Waals surface area contributed by atoms with Crippen molar-refractivity contribution in [1.82, 2.24) is 9.55 Å². The fourth-order valence-electron chi connectivity index (χ4n) is 2.26. The summed E-state index contributed by atoms with van der Waals surface area (Å²) in [5.74, 6) is -0.119. The van der Waals surface area contributed by atoms with E-state index in [2.05, 4.69) is 15.2 Å². The third-order valence-corrected chi connectivity index (χ3v) is 4.54. The summed E-state index contributed by atoms with van der Waals surface area (Å²) < 4.78 is 1.60. The molecule has 0 spiro atoms. The molecule has 0 radical (unpaired) electrons. The first-order valence-corrected chi connectivity index (χ1v) is 7.83. The van der Waals surface area contributed by atoms with Gasteiger partial charge in [-0.2, -0.15) is 10.2 Å². The van der Waals surface area contributed by atoms with Crippen molar-refractivity contribution in [3.05, 3.63) is 53.6 Å². The van der Waals surface area contributed by atoms with Crippen LogP contribution in [0.25, 0.3) is 11.0 Å². The summed E-state index contributed by atoms with van der Waals surface area (Å²) in [4.78, 5) is 16.9. The van der Waals surface area contributed by atoms with Gasteiger partial charge in [-0.3, -0.25) is 9.36 Å². The molecule has 108 valence electrons. The van der Waals surface area contributed by atoms with Crippen molar-refractivity contribution in [3.63, 3.8) is 0 Å². The molecule has 22 heavy (non-hydrogen) atoms. The maximum Gasteiger partial charge on any atom is 0.270 e. The highest BCUT2D eigenvalue weighted by Crippen LogP contribution is 2.36. The molecule has 5 nitrogen and oxygen atoms in total. The Labute approximate surface area is 135 Å². The molecule has 1 aromatic heterocycles. The molecule has 2 aromatic carbocycles. The molecule has 3 aromatic rings. The molecule has 7 heteroatoms. The predicted octanol–water partition coefficient (Wildman–Crippen LogP) is 4.55. The molecule has 4 rings (SSSR count). The van der Waals surface area contributed by atoms with Gasteiger partial charge in [0.25, 0.3) is 5.91 Å². The second-order valence-electron chi connectivity index (χ2n) is 4.72. The standard InChI is InChI=1S/C15H9ClN4OS/c16-9-5-7-10(8-6-9)18-19-13-14(21)20-12-4-2-1-3-11(12)17-15(20)22-13/h1-8,13H. The number of carbonyl (C=O) groups is 1. The van der Waals surface area contributed by atoms with E-state index in [1.54, 1.807) is 28.8 Å². The number of rotatable bonds is 2. The number of halogens is 1. The Hall–Kier alpha value is -2.18. The monoisotopic (exact) mass is 328 g/mol. The van der Waals surface area contributed by atoms with Crippen LogP contribution in [-0.4, -0.2) is 20.8 Å². The number of hydrogen-bond acceptors (Lipinski definition) is 5. The van der Waals surface area contributed by atoms with Crippen LogP contribution >= 0.6 is 23.4 Å². The first kappa shape index (κ1) is 13.5. The minimum Gasteiger partial charge on any atom is -0.270 e. The lowest BCUT2D eigenvalue weighted by atomic mass is 10.3. The van der Waals surface area contributed by atoms with Crippen LogP contribution in [0.1, 0.15) is 4.79 Å². The van der Waals surface area contributed by atoms with E-state index in [4.69, 9.17) is 11.6 Å². The van der Waals surface area contributed by atoms with E-state index in [1.807, 2.05) is 24.3 Å². The van der Waals surface area contributed by atoms with Crippen LogP contribution in [0, 0.1) is 0 Å². The van der Waals surface area contributed by atoms with Crippen LogP contribution in [0.3, 0.4) is 0 Å². The summed E-state index contributed by atoms with van der Waals surface area (Å²) in [5.41, 5.74) is 2.28. The van der Waals surface area contributed by atoms with Gasteiger partial charge in [0, 0.05) is 5.02 Å². The van der Waals surface area contributed by atoms with Gasteiger partial charge in [-0.15, -0.1) is 0 Å². The van der Waals surface area contributed by atoms with E-state index in [1.165, 1.54) is 11.8 Å². The maximum atomic E-state index is 12.5. The summed E-state index contributed by atoms with van der Waals surface area (Å²) in [6.07, 6.45) is 0. The second-order valence-corrected chi connectivity index (χ2v) is 6.20. The Morgan fingerprint density at radius 2 is 1.91 bits per heavy atom. The van der Waals surface area contributed by atoms with Crippen LogP contribution in [0.2, 0.25) is 5.02 Å². The van der Waals surface area contributed by atoms with Gasteiger partial charge in [-0.25, -0.2) is 4.98 Å². The van der Waals surface area contributed by atoms with Gasteiger partial charge >= 0.3 is 0 Å². The number of aromatic nitrogens is 2. The molecule has 2 heterocycles. The largest absolute Gasteiger partial charge is 0.270 e. The molecular formula is C15H9ClN4OS. The number of nitrogens with zero attached hydrogens (tertiary/aromatic N) is 4. The minimum atomic E-state index is -0.595. The summed E-state index contributed by atoms with van der Waals surface area (Å²) in [6.45, 7) is 0. The third kappa shape index (κ3) is 2.20. The lowest BCUT2D eigenvalue weighted by Gasteiger charge is -2.00. The molecule has 0 amide bonds. The van der Waals surface area contributed by atoms with Crippen LogP contribution in [-0.2, 0) is 0 Å². The van der Waals surface area contributed by atoms with Crippen LogP contribution in [0.5, 0.6) is 0 Å². The van der Waals surface area contributed by atoms with Gasteiger partial charge in [0.05, 0.1) is 16.7 Å². The van der Waals surface area contributed by atoms with Crippen molar-refractivity contribution in [2.75, 3.05) is 0 Å². The first-order valence-electron chi connectivity index (χ1n) is 6.57. The van der Waals surface area contributed by atoms with E-state index < -0.39 is 5.37 Å². The van der Waals surface area contributed by atoms with Crippen molar-refractivity contribution < 1.29 is 4.79 Å². The predicted molar refractivity (Wildman–Crippen MR) is 86.0 cm³/mol. The van der Waals surface area contributed by atoms with Gasteiger partial charge < -0.3 is 0 Å². The van der Waals surface area contributed by atoms with Crippen molar-refractivity contribution in [3.8, 4) is 0 Å². The fraction of sp³-hybridized carbons (Fsp3) is 0.0667. The van der Waals surface area contributed by atoms with Crippen molar-refractivity contribution >= 4 is 46.0 Å². The van der Waals surface area contributed by atoms with E-state index >= 15 is 0 Å². The Morgan fingerprint density at radius 1 is 1.14 bits per heavy atom. The number of azo groups is 1. The summed E-state index contributed by atoms with van der Waals surface area (Å²) >= 11 is 7.13. The number of thioether (sulfide) groups is 1. The molecular weight excluding hydrogens is 320 g/mol. The van der Waals surface area contributed by atoms with Gasteiger partial charge in [-0.1, -0.05) is 23.7 Å². The Balaban J connectivity index is 1.63. The summed E-state index contributed by atoms with van der Waals surface area (Å²) in [6, 6.07) is 14.5. The molecule has 0 N–H and O–H groups in total. The zero-order chi connectivity index (χ0) is 15.1. The highest BCUT2D eigenvalue weighted by atomic mass is 35.5. The zero-order valence-corrected chi connectivity index (χ0v) is 12.8. The average molecular weight is 329 g/mol. The smallest absolute Gasteiger partial charge is 0.270 e. The Morgan fingerprint density at radius 3 is 2.73 bits per heavy atom. The van der Waals surface area contributed by atoms with Crippen LogP contribution in [0.15, 0.2) is 63.9 Å². The highest BCUT2D eigenvalue weighted by Gasteiger charge is 2.34. The molecule has 0 saturated heterocycles. The molecule has 0 fully saturated rings. The third-order valence-electron chi connectivity index (χ3n) is 3.28. The van der Waals surface area contributed by atoms with Gasteiger partial charge in [-0.05, 0) is 48.2 Å². The maximum absolute atomic E-state index is 12.5. The van der Waals surface area contributed by atoms with E-state index in [-0.39, 0.29) is 5.91 Å². The molecule has 1 aliphatic rings. The molecule has 1 aliphatic heterocycles. The highest BCUT2D eigenvalue weighted by molar-refractivity contribution is 8.00.